The lowest BCUT2D eigenvalue weighted by Crippen LogP contribution is -2.58. The van der Waals surface area contributed by atoms with E-state index in [9.17, 15) is 4.79 Å². The van der Waals surface area contributed by atoms with E-state index in [-0.39, 0.29) is 23.5 Å². The van der Waals surface area contributed by atoms with Crippen LogP contribution in [0, 0.1) is 0 Å². The molecule has 2 aliphatic rings. The number of likely N-dealkylation sites (tertiary alicyclic amines) is 1. The summed E-state index contributed by atoms with van der Waals surface area (Å²) in [5, 5.41) is 7.68. The number of H-pyrrole nitrogens is 2. The molecule has 29 heavy (non-hydrogen) atoms. The first-order chi connectivity index (χ1) is 13.8. The van der Waals surface area contributed by atoms with Gasteiger partial charge in [-0.1, -0.05) is 20.8 Å². The van der Waals surface area contributed by atoms with Crippen LogP contribution in [0.25, 0.3) is 0 Å². The van der Waals surface area contributed by atoms with E-state index in [1.54, 1.807) is 13.4 Å². The Kier molecular flexibility index (Phi) is 5.25. The number of aromatic nitrogens is 4. The summed E-state index contributed by atoms with van der Waals surface area (Å²) in [4.78, 5) is 25.2. The number of methoxy groups -OCH3 is 1. The van der Waals surface area contributed by atoms with Gasteiger partial charge in [0.15, 0.2) is 0 Å². The molecule has 0 aromatic carbocycles. The molecule has 4 heterocycles. The van der Waals surface area contributed by atoms with Crippen molar-refractivity contribution in [3.05, 3.63) is 35.2 Å². The molecule has 4 rings (SSSR count). The molecule has 0 saturated carbocycles. The average molecular weight is 401 g/mol. The molecule has 1 spiro atoms. The van der Waals surface area contributed by atoms with E-state index >= 15 is 0 Å². The number of carbonyl (C=O) groups excluding carboxylic acids is 1. The number of aromatic amines is 2. The molecule has 0 aliphatic carbocycles. The lowest BCUT2D eigenvalue weighted by Gasteiger charge is -2.50. The third-order valence-corrected chi connectivity index (χ3v) is 6.31. The minimum absolute atomic E-state index is 0.0430. The molecule has 0 unspecified atom stereocenters. The van der Waals surface area contributed by atoms with Crippen molar-refractivity contribution in [1.82, 2.24) is 30.0 Å². The van der Waals surface area contributed by atoms with Crippen molar-refractivity contribution >= 4 is 5.91 Å². The van der Waals surface area contributed by atoms with Crippen molar-refractivity contribution in [2.75, 3.05) is 33.4 Å². The summed E-state index contributed by atoms with van der Waals surface area (Å²) < 4.78 is 5.15. The molecule has 1 amide bonds. The smallest absolute Gasteiger partial charge is 0.249 e. The lowest BCUT2D eigenvalue weighted by molar-refractivity contribution is -0.146. The fraction of sp³-hybridized carbons (Fsp3) is 0.667. The molecule has 1 saturated heterocycles. The molecule has 0 bridgehead atoms. The Balaban J connectivity index is 1.50. The molecule has 0 atom stereocenters. The Morgan fingerprint density at radius 3 is 2.69 bits per heavy atom. The van der Waals surface area contributed by atoms with E-state index in [1.807, 2.05) is 4.90 Å². The van der Waals surface area contributed by atoms with Crippen LogP contribution >= 0.6 is 0 Å². The van der Waals surface area contributed by atoms with E-state index in [0.29, 0.717) is 6.54 Å². The van der Waals surface area contributed by atoms with E-state index in [2.05, 4.69) is 51.9 Å². The molecule has 1 fully saturated rings. The van der Waals surface area contributed by atoms with Crippen LogP contribution < -0.4 is 0 Å². The Morgan fingerprint density at radius 2 is 2.03 bits per heavy atom. The summed E-state index contributed by atoms with van der Waals surface area (Å²) in [5.74, 6) is 0.0537. The van der Waals surface area contributed by atoms with Crippen molar-refractivity contribution < 1.29 is 9.53 Å². The highest BCUT2D eigenvalue weighted by molar-refractivity contribution is 5.79. The molecular weight excluding hydrogens is 368 g/mol. The summed E-state index contributed by atoms with van der Waals surface area (Å²) in [7, 11) is 1.58. The number of hydrogen-bond donors (Lipinski definition) is 2. The number of carbonyl (C=O) groups is 1. The van der Waals surface area contributed by atoms with E-state index in [1.165, 1.54) is 5.69 Å². The number of amides is 1. The number of fused-ring (bicyclic) bond motifs is 2. The number of ether oxygens (including phenoxy) is 1. The van der Waals surface area contributed by atoms with Crippen molar-refractivity contribution in [3.8, 4) is 0 Å². The zero-order chi connectivity index (χ0) is 20.6. The van der Waals surface area contributed by atoms with Crippen LogP contribution in [0.5, 0.6) is 0 Å². The monoisotopic (exact) mass is 400 g/mol. The van der Waals surface area contributed by atoms with Crippen molar-refractivity contribution in [1.29, 1.82) is 0 Å². The van der Waals surface area contributed by atoms with Crippen LogP contribution in [0.3, 0.4) is 0 Å². The second kappa shape index (κ2) is 7.57. The maximum absolute atomic E-state index is 12.8. The van der Waals surface area contributed by atoms with Gasteiger partial charge in [-0.2, -0.15) is 5.10 Å². The fourth-order valence-electron chi connectivity index (χ4n) is 4.70. The van der Waals surface area contributed by atoms with Crippen LogP contribution in [0.15, 0.2) is 12.4 Å². The number of nitrogens with zero attached hydrogens (tertiary/aromatic N) is 4. The molecule has 8 nitrogen and oxygen atoms in total. The second-order valence-electron chi connectivity index (χ2n) is 9.29. The van der Waals surface area contributed by atoms with Crippen LogP contribution in [0.4, 0.5) is 0 Å². The Morgan fingerprint density at radius 1 is 1.28 bits per heavy atom. The number of rotatable bonds is 4. The molecular formula is C21H32N6O2. The summed E-state index contributed by atoms with van der Waals surface area (Å²) >= 11 is 0. The van der Waals surface area contributed by atoms with Crippen LogP contribution in [0.1, 0.15) is 56.4 Å². The molecule has 2 aromatic heterocycles. The standard InChI is InChI=1S/C21H32N6O2/c1-20(2,3)17-11-15(24-25-17)12-26-9-6-21(7-10-26)19-16(22-14-23-19)5-8-27(21)18(28)13-29-4/h11,14H,5-10,12-13H2,1-4H3,(H,22,23)(H,24,25). The quantitative estimate of drug-likeness (QED) is 0.819. The van der Waals surface area contributed by atoms with Crippen molar-refractivity contribution in [2.45, 2.75) is 57.5 Å². The zero-order valence-corrected chi connectivity index (χ0v) is 17.9. The topological polar surface area (TPSA) is 90.1 Å². The van der Waals surface area contributed by atoms with Crippen molar-refractivity contribution in [3.63, 3.8) is 0 Å². The average Bonchev–Trinajstić information content (AvgIpc) is 3.33. The second-order valence-corrected chi connectivity index (χ2v) is 9.29. The first-order valence-electron chi connectivity index (χ1n) is 10.4. The third kappa shape index (κ3) is 3.71. The summed E-state index contributed by atoms with van der Waals surface area (Å²) in [6.45, 7) is 10.0. The Hall–Kier alpha value is -2.19. The van der Waals surface area contributed by atoms with Gasteiger partial charge in [0.25, 0.3) is 0 Å². The highest BCUT2D eigenvalue weighted by Gasteiger charge is 2.48. The highest BCUT2D eigenvalue weighted by Crippen LogP contribution is 2.42. The van der Waals surface area contributed by atoms with Gasteiger partial charge in [0.1, 0.15) is 6.61 Å². The largest absolute Gasteiger partial charge is 0.375 e. The van der Waals surface area contributed by atoms with E-state index in [0.717, 1.165) is 56.0 Å². The minimum atomic E-state index is -0.329. The highest BCUT2D eigenvalue weighted by atomic mass is 16.5. The summed E-state index contributed by atoms with van der Waals surface area (Å²) in [5.41, 5.74) is 4.16. The van der Waals surface area contributed by atoms with Gasteiger partial charge in [-0.15, -0.1) is 0 Å². The van der Waals surface area contributed by atoms with Gasteiger partial charge >= 0.3 is 0 Å². The van der Waals surface area contributed by atoms with Crippen LogP contribution in [-0.4, -0.2) is 69.2 Å². The van der Waals surface area contributed by atoms with Gasteiger partial charge < -0.3 is 14.6 Å². The lowest BCUT2D eigenvalue weighted by atomic mass is 9.78. The van der Waals surface area contributed by atoms with Crippen LogP contribution in [0.2, 0.25) is 0 Å². The zero-order valence-electron chi connectivity index (χ0n) is 17.9. The molecule has 2 aliphatic heterocycles. The number of nitrogens with one attached hydrogen (secondary N) is 2. The molecule has 2 N–H and O–H groups in total. The predicted molar refractivity (Wildman–Crippen MR) is 109 cm³/mol. The SMILES string of the molecule is COCC(=O)N1CCc2[nH]cnc2C12CCN(Cc1cc(C(C)(C)C)n[nH]1)CC2. The van der Waals surface area contributed by atoms with Crippen molar-refractivity contribution in [2.24, 2.45) is 0 Å². The Labute approximate surface area is 172 Å². The predicted octanol–water partition coefficient (Wildman–Crippen LogP) is 1.95. The van der Waals surface area contributed by atoms with Gasteiger partial charge in [0, 0.05) is 56.5 Å². The minimum Gasteiger partial charge on any atom is -0.375 e. The normalized spacial score (nSPS) is 19.5. The summed E-state index contributed by atoms with van der Waals surface area (Å²) in [6.07, 6.45) is 4.34. The number of imidazole rings is 1. The maximum Gasteiger partial charge on any atom is 0.249 e. The number of piperidine rings is 1. The Bertz CT molecular complexity index is 857. The molecule has 8 heteroatoms. The summed E-state index contributed by atoms with van der Waals surface area (Å²) in [6, 6.07) is 2.17. The van der Waals surface area contributed by atoms with Gasteiger partial charge in [0.05, 0.1) is 23.3 Å². The fourth-order valence-corrected chi connectivity index (χ4v) is 4.70. The first kappa shape index (κ1) is 20.1. The number of hydrogen-bond acceptors (Lipinski definition) is 5. The molecule has 158 valence electrons. The molecule has 0 radical (unpaired) electrons. The molecule has 2 aromatic rings. The van der Waals surface area contributed by atoms with Gasteiger partial charge in [-0.25, -0.2) is 4.98 Å². The first-order valence-corrected chi connectivity index (χ1v) is 10.4. The maximum atomic E-state index is 12.8. The van der Waals surface area contributed by atoms with E-state index in [4.69, 9.17) is 4.74 Å². The van der Waals surface area contributed by atoms with Gasteiger partial charge in [0.2, 0.25) is 5.91 Å². The van der Waals surface area contributed by atoms with Gasteiger partial charge in [-0.05, 0) is 18.9 Å². The third-order valence-electron chi connectivity index (χ3n) is 6.31. The van der Waals surface area contributed by atoms with E-state index < -0.39 is 0 Å². The van der Waals surface area contributed by atoms with Crippen LogP contribution in [-0.2, 0) is 33.5 Å². The van der Waals surface area contributed by atoms with Gasteiger partial charge in [-0.3, -0.25) is 14.8 Å².